The summed E-state index contributed by atoms with van der Waals surface area (Å²) < 4.78 is 44.4. The Bertz CT molecular complexity index is 5930. The Morgan fingerprint density at radius 2 is 0.754 bits per heavy atom. The number of Topliss-reactive ketones (excluding diaryl/α,β-unsaturated/α-hetero) is 3. The third-order valence-electron chi connectivity index (χ3n) is 23.3. The number of nitrogens with zero attached hydrogens (tertiary/aromatic N) is 12. The maximum Gasteiger partial charge on any atom is 0.208 e. The number of allylic oxidation sites excluding steroid dienone is 1. The minimum atomic E-state index is -0.770. The van der Waals surface area contributed by atoms with Crippen LogP contribution in [-0.2, 0) is 206 Å². The van der Waals surface area contributed by atoms with Crippen LogP contribution in [0, 0.1) is 123 Å². The van der Waals surface area contributed by atoms with Gasteiger partial charge in [-0.2, -0.15) is 0 Å². The molecule has 15 atom stereocenters. The molecule has 6 aromatic heterocycles. The molecule has 0 spiro atoms. The molecule has 122 heavy (non-hydrogen) atoms. The molecule has 6 aliphatic carbocycles. The van der Waals surface area contributed by atoms with Crippen LogP contribution >= 0.6 is 34.2 Å². The zero-order chi connectivity index (χ0) is 78.0. The number of rotatable bonds is 8. The van der Waals surface area contributed by atoms with Gasteiger partial charge in [0.15, 0.2) is 43.3 Å². The van der Waals surface area contributed by atoms with Gasteiger partial charge >= 0.3 is 0 Å². The molecular weight excluding hydrogens is 2050 g/mol. The number of halogens is 2. The molecule has 28 heteroatoms. The van der Waals surface area contributed by atoms with E-state index in [1.807, 2.05) is 225 Å². The van der Waals surface area contributed by atoms with Gasteiger partial charge in [-0.1, -0.05) is 138 Å². The number of fused-ring (bicyclic) bond motifs is 12. The van der Waals surface area contributed by atoms with E-state index < -0.39 is 33.6 Å². The summed E-state index contributed by atoms with van der Waals surface area (Å²) in [6.45, 7) is 18.5. The number of carbonyl (C=O) groups is 3. The van der Waals surface area contributed by atoms with Crippen molar-refractivity contribution in [3.8, 4) is 47.9 Å². The van der Waals surface area contributed by atoms with E-state index in [2.05, 4.69) is 85.0 Å². The number of carbonyl (C=O) groups excluding carboxylic acids is 3. The normalized spacial score (nSPS) is 26.3. The molecule has 3 aliphatic heterocycles. The molecular formula is C94H93ClIN12O9Y5-5. The van der Waals surface area contributed by atoms with Crippen molar-refractivity contribution < 1.29 is 206 Å². The number of aromatic nitrogens is 12. The number of hydrogen-bond acceptors (Lipinski definition) is 18. The van der Waals surface area contributed by atoms with Gasteiger partial charge in [-0.25, -0.2) is 44.9 Å². The molecule has 0 N–H and O–H groups in total. The van der Waals surface area contributed by atoms with Gasteiger partial charge in [-0.05, 0) is 190 Å². The quantitative estimate of drug-likeness (QED) is 0.0452. The van der Waals surface area contributed by atoms with Crippen LogP contribution in [0.3, 0.4) is 0 Å². The van der Waals surface area contributed by atoms with Crippen LogP contribution in [-0.4, -0.2) is 130 Å². The predicted molar refractivity (Wildman–Crippen MR) is 460 cm³/mol. The van der Waals surface area contributed by atoms with Crippen LogP contribution in [0.1, 0.15) is 157 Å². The third-order valence-corrected chi connectivity index (χ3v) is 24.0. The molecule has 0 amide bonds. The number of benzene rings is 5. The number of ether oxygens (including phenoxy) is 6. The molecule has 3 saturated heterocycles. The summed E-state index contributed by atoms with van der Waals surface area (Å²) in [5, 5.41) is 0.334. The second-order valence-electron chi connectivity index (χ2n) is 31.4. The summed E-state index contributed by atoms with van der Waals surface area (Å²) >= 11 is 8.26. The van der Waals surface area contributed by atoms with Crippen LogP contribution < -0.4 is 0 Å². The van der Waals surface area contributed by atoms with Crippen molar-refractivity contribution >= 4 is 96.7 Å². The fraction of sp³-hybridized carbons (Fsp3) is 0.330. The maximum absolute atomic E-state index is 12.9. The van der Waals surface area contributed by atoms with E-state index in [4.69, 9.17) is 71.4 Å². The van der Waals surface area contributed by atoms with Crippen LogP contribution in [0.5, 0.6) is 0 Å². The second kappa shape index (κ2) is 41.2. The summed E-state index contributed by atoms with van der Waals surface area (Å²) in [4.78, 5) is 80.1. The van der Waals surface area contributed by atoms with E-state index >= 15 is 0 Å². The monoisotopic (exact) mass is 2140 g/mol. The molecule has 0 bridgehead atoms. The molecule has 11 aromatic rings. The molecule has 6 unspecified atom stereocenters. The summed E-state index contributed by atoms with van der Waals surface area (Å²) in [5.41, 5.74) is 9.28. The fourth-order valence-electron chi connectivity index (χ4n) is 18.2. The first-order chi connectivity index (χ1) is 53.8. The second-order valence-corrected chi connectivity index (χ2v) is 32.7. The standard InChI is InChI=1S/C33H30N4O3.C32H26N4O3.C16H16ClIN4O3.C8H6.5CH3.5Y/c1-20(23-13-9-6-10-14-23)17-25-27-31(36-26(35-25)16-15-22-11-7-5-8-12-22)37(19-34-27)28-24-18-33(24,21(2)38)30-29(28)39-32(3,4)40-30;1-20(37)32-18-23(32)27(28-29(32)39-31(2,3)38-28)36-19-33-26-24(16-14-21-10-6-4-7-11-21)34-25(35-30(26)36)17-15-22-12-8-5-9-13-22;1-6(23)16-4-7(16)9(10-11(16)25-15(2,3)24-10)22-5-19-8-12(17)20-14(18)21-13(8)22;1-2-8-6-4-3-5-7-8;;;;;;;;;;/h5-14,17,19,24,28-30H,18H2,1-4H3;4-13,19,23,27-29H,18H2,1-3H3;5,7,9-11H,4H2,1-3H3;1,3-7H;5*1H3;;;;;/q;;;;5*-1;;;;;/b20-17+;;;;;;;;;;;;;/t24?,28-,29+,30?,33+;23?,27-,28+,29?,32+;7?,9-,10+,11?,16+;;;;;;;;;;;/m111.........../s1. The molecule has 9 heterocycles. The molecule has 617 valence electrons. The average molecular weight is 2140 g/mol. The van der Waals surface area contributed by atoms with Crippen LogP contribution in [0.15, 0.2) is 171 Å². The number of ketones is 3. The van der Waals surface area contributed by atoms with Gasteiger partial charge < -0.3 is 79.3 Å². The van der Waals surface area contributed by atoms with E-state index in [1.54, 1.807) is 33.4 Å². The molecule has 9 aliphatic rings. The summed E-state index contributed by atoms with van der Waals surface area (Å²) in [5.74, 6) is 20.9. The van der Waals surface area contributed by atoms with Crippen molar-refractivity contribution in [1.29, 1.82) is 0 Å². The van der Waals surface area contributed by atoms with Crippen molar-refractivity contribution in [3.05, 3.63) is 268 Å². The Labute approximate surface area is 860 Å². The van der Waals surface area contributed by atoms with Crippen molar-refractivity contribution in [2.24, 2.45) is 34.0 Å². The summed E-state index contributed by atoms with van der Waals surface area (Å²) in [6.07, 6.45) is 13.2. The minimum absolute atomic E-state index is 0. The summed E-state index contributed by atoms with van der Waals surface area (Å²) in [7, 11) is 0. The van der Waals surface area contributed by atoms with Gasteiger partial charge in [0, 0.05) is 208 Å². The van der Waals surface area contributed by atoms with Gasteiger partial charge in [-0.3, -0.25) is 14.4 Å². The molecule has 5 aromatic carbocycles. The predicted octanol–water partition coefficient (Wildman–Crippen LogP) is 16.4. The first-order valence-electron chi connectivity index (χ1n) is 37.4. The van der Waals surface area contributed by atoms with E-state index in [-0.39, 0.29) is 291 Å². The molecule has 20 rings (SSSR count). The Kier molecular flexibility index (Phi) is 35.2. The Balaban J connectivity index is 0.000000236. The van der Waals surface area contributed by atoms with Gasteiger partial charge in [0.05, 0.1) is 59.0 Å². The van der Waals surface area contributed by atoms with E-state index in [1.165, 1.54) is 0 Å². The molecule has 21 nitrogen and oxygen atoms in total. The largest absolute Gasteiger partial charge is 0.358 e. The van der Waals surface area contributed by atoms with Gasteiger partial charge in [-0.15, -0.1) is 6.42 Å². The summed E-state index contributed by atoms with van der Waals surface area (Å²) in [6, 6.07) is 48.7. The topological polar surface area (TPSA) is 237 Å². The van der Waals surface area contributed by atoms with Crippen molar-refractivity contribution in [1.82, 2.24) is 58.6 Å². The first kappa shape index (κ1) is 104. The molecule has 5 radical (unpaired) electrons. The average Bonchev–Trinajstić information content (AvgIpc) is 1.51. The Morgan fingerprint density at radius 1 is 0.426 bits per heavy atom. The first-order valence-corrected chi connectivity index (χ1v) is 38.9. The Morgan fingerprint density at radius 3 is 1.12 bits per heavy atom. The van der Waals surface area contributed by atoms with Crippen LogP contribution in [0.2, 0.25) is 5.15 Å². The van der Waals surface area contributed by atoms with Crippen molar-refractivity contribution in [3.63, 3.8) is 0 Å². The maximum atomic E-state index is 12.9. The zero-order valence-electron chi connectivity index (χ0n) is 71.1. The zero-order valence-corrected chi connectivity index (χ0v) is 88.2. The number of imidazole rings is 3. The minimum Gasteiger partial charge on any atom is -0.358 e. The number of terminal acetylenes is 1. The van der Waals surface area contributed by atoms with Crippen LogP contribution in [0.4, 0.5) is 0 Å². The van der Waals surface area contributed by atoms with Crippen molar-refractivity contribution in [2.75, 3.05) is 0 Å². The third kappa shape index (κ3) is 19.6. The van der Waals surface area contributed by atoms with E-state index in [9.17, 15) is 14.4 Å². The van der Waals surface area contributed by atoms with Gasteiger partial charge in [0.25, 0.3) is 0 Å². The SMILES string of the molecule is C#Cc1ccccc1.CC(=O)[C@@]12CC1[C@@H](n1cnc3c(/C=C(\C)c4ccccc4)nc(C#Cc4ccccc4)nc31)[C@@H]1OC(C)(C)OC12.CC(=O)[C@@]12CC1[C@@H](n1cnc3c(C#Cc4ccccc4)nc(C#Cc4ccccc4)nc31)[C@@H]1OC(C)(C)OC12.CC(=O)[C@@]12CC1[C@@H](n1cnc3c(Cl)nc(I)nc31)[C@@H]1OC(C)(C)OC12.[CH3-].[CH3-].[CH3-].[CH3-].[CH3-].[Y].[Y].[Y].[Y].[Y]. The van der Waals surface area contributed by atoms with E-state index in [0.29, 0.717) is 65.5 Å². The fourth-order valence-corrected chi connectivity index (χ4v) is 19.0. The van der Waals surface area contributed by atoms with Crippen LogP contribution in [0.25, 0.3) is 45.1 Å². The van der Waals surface area contributed by atoms with Crippen molar-refractivity contribution in [2.45, 2.75) is 161 Å². The molecule has 9 fully saturated rings. The Hall–Kier alpha value is -4.96. The number of hydrogen-bond donors (Lipinski definition) is 0. The van der Waals surface area contributed by atoms with Gasteiger partial charge in [0.2, 0.25) is 11.6 Å². The smallest absolute Gasteiger partial charge is 0.208 e. The van der Waals surface area contributed by atoms with Gasteiger partial charge in [0.1, 0.15) is 76.2 Å². The van der Waals surface area contributed by atoms with E-state index in [0.717, 1.165) is 52.7 Å². The molecule has 6 saturated carbocycles.